The largest absolute Gasteiger partial charge is 0.493 e. The molecular formula is C21H28N2O5. The molecule has 1 aromatic heterocycles. The molecule has 7 heteroatoms. The number of rotatable bonds is 8. The molecule has 0 radical (unpaired) electrons. The fourth-order valence-corrected chi connectivity index (χ4v) is 3.22. The number of aromatic amines is 1. The second-order valence-corrected chi connectivity index (χ2v) is 6.76. The van der Waals surface area contributed by atoms with Gasteiger partial charge >= 0.3 is 5.97 Å². The molecule has 28 heavy (non-hydrogen) atoms. The molecule has 1 atom stereocenters. The zero-order chi connectivity index (χ0) is 21.0. The van der Waals surface area contributed by atoms with Crippen LogP contribution in [-0.2, 0) is 11.3 Å². The minimum absolute atomic E-state index is 0.0845. The highest BCUT2D eigenvalue weighted by Gasteiger charge is 2.27. The maximum atomic E-state index is 13.0. The number of likely N-dealkylation sites (N-methyl/N-ethyl adjacent to an activating group) is 1. The Kier molecular flexibility index (Phi) is 6.85. The van der Waals surface area contributed by atoms with Crippen LogP contribution in [0.3, 0.4) is 0 Å². The van der Waals surface area contributed by atoms with Gasteiger partial charge in [0.15, 0.2) is 17.3 Å². The summed E-state index contributed by atoms with van der Waals surface area (Å²) in [7, 11) is 6.39. The first-order valence-corrected chi connectivity index (χ1v) is 8.97. The molecule has 0 fully saturated rings. The van der Waals surface area contributed by atoms with Crippen LogP contribution in [0.4, 0.5) is 0 Å². The van der Waals surface area contributed by atoms with E-state index in [9.17, 15) is 9.59 Å². The number of nitrogens with one attached hydrogen (secondary N) is 1. The molecule has 1 aromatic carbocycles. The molecule has 7 nitrogen and oxygen atoms in total. The lowest BCUT2D eigenvalue weighted by Gasteiger charge is -2.24. The van der Waals surface area contributed by atoms with Gasteiger partial charge in [-0.2, -0.15) is 0 Å². The monoisotopic (exact) mass is 388 g/mol. The Labute approximate surface area is 165 Å². The van der Waals surface area contributed by atoms with Crippen molar-refractivity contribution in [2.24, 2.45) is 0 Å². The van der Waals surface area contributed by atoms with E-state index in [4.69, 9.17) is 14.2 Å². The molecule has 152 valence electrons. The fraction of sp³-hybridized carbons (Fsp3) is 0.429. The lowest BCUT2D eigenvalue weighted by molar-refractivity contribution is 0.0599. The van der Waals surface area contributed by atoms with Gasteiger partial charge in [-0.05, 0) is 51.1 Å². The summed E-state index contributed by atoms with van der Waals surface area (Å²) in [6, 6.07) is 5.28. The van der Waals surface area contributed by atoms with Crippen molar-refractivity contribution < 1.29 is 23.8 Å². The number of hydrogen-bond donors (Lipinski definition) is 1. The quantitative estimate of drug-likeness (QED) is 0.553. The first-order chi connectivity index (χ1) is 13.2. The van der Waals surface area contributed by atoms with E-state index >= 15 is 0 Å². The number of aromatic nitrogens is 1. The molecule has 2 rings (SSSR count). The number of carbonyl (C=O) groups is 2. The van der Waals surface area contributed by atoms with Crippen LogP contribution < -0.4 is 9.47 Å². The van der Waals surface area contributed by atoms with E-state index in [1.165, 1.54) is 7.11 Å². The van der Waals surface area contributed by atoms with Gasteiger partial charge in [0.2, 0.25) is 0 Å². The Morgan fingerprint density at radius 3 is 2.32 bits per heavy atom. The van der Waals surface area contributed by atoms with Gasteiger partial charge < -0.3 is 19.2 Å². The highest BCUT2D eigenvalue weighted by molar-refractivity contribution is 6.03. The highest BCUT2D eigenvalue weighted by Crippen LogP contribution is 2.28. The van der Waals surface area contributed by atoms with Crippen molar-refractivity contribution in [3.8, 4) is 11.5 Å². The van der Waals surface area contributed by atoms with Crippen molar-refractivity contribution >= 4 is 11.8 Å². The maximum Gasteiger partial charge on any atom is 0.339 e. The standard InChI is InChI=1S/C21H28N2O5/c1-12-18(21(25)28-7)13(2)22-19(12)20(24)14(3)23(4)11-15-8-9-16(26-5)17(10-15)27-6/h8-10,14,22H,11H2,1-7H3/t14-/m1/s1. The van der Waals surface area contributed by atoms with Gasteiger partial charge in [-0.3, -0.25) is 9.69 Å². The van der Waals surface area contributed by atoms with Crippen LogP contribution in [0, 0.1) is 13.8 Å². The topological polar surface area (TPSA) is 80.9 Å². The molecule has 0 amide bonds. The summed E-state index contributed by atoms with van der Waals surface area (Å²) in [4.78, 5) is 30.0. The highest BCUT2D eigenvalue weighted by atomic mass is 16.5. The maximum absolute atomic E-state index is 13.0. The summed E-state index contributed by atoms with van der Waals surface area (Å²) in [6.07, 6.45) is 0. The zero-order valence-corrected chi connectivity index (χ0v) is 17.5. The van der Waals surface area contributed by atoms with Crippen molar-refractivity contribution in [3.63, 3.8) is 0 Å². The van der Waals surface area contributed by atoms with Gasteiger partial charge in [-0.1, -0.05) is 6.07 Å². The van der Waals surface area contributed by atoms with Crippen LogP contribution in [0.2, 0.25) is 0 Å². The van der Waals surface area contributed by atoms with Crippen molar-refractivity contribution in [2.75, 3.05) is 28.4 Å². The van der Waals surface area contributed by atoms with Gasteiger partial charge in [0.05, 0.1) is 38.6 Å². The average molecular weight is 388 g/mol. The van der Waals surface area contributed by atoms with Gasteiger partial charge in [0.1, 0.15) is 0 Å². The average Bonchev–Trinajstić information content (AvgIpc) is 2.99. The number of H-pyrrole nitrogens is 1. The molecular weight excluding hydrogens is 360 g/mol. The van der Waals surface area contributed by atoms with Crippen LogP contribution in [-0.4, -0.2) is 56.1 Å². The van der Waals surface area contributed by atoms with E-state index in [1.54, 1.807) is 28.1 Å². The normalized spacial score (nSPS) is 12.0. The molecule has 1 heterocycles. The Morgan fingerprint density at radius 1 is 1.11 bits per heavy atom. The molecule has 0 saturated heterocycles. The van der Waals surface area contributed by atoms with E-state index in [-0.39, 0.29) is 5.78 Å². The van der Waals surface area contributed by atoms with Gasteiger partial charge in [-0.15, -0.1) is 0 Å². The molecule has 1 N–H and O–H groups in total. The minimum atomic E-state index is -0.448. The number of carbonyl (C=O) groups excluding carboxylic acids is 2. The number of aryl methyl sites for hydroxylation is 1. The Balaban J connectivity index is 2.20. The summed E-state index contributed by atoms with van der Waals surface area (Å²) in [5.74, 6) is 0.771. The summed E-state index contributed by atoms with van der Waals surface area (Å²) in [6.45, 7) is 5.91. The molecule has 2 aromatic rings. The summed E-state index contributed by atoms with van der Waals surface area (Å²) >= 11 is 0. The first kappa shape index (κ1) is 21.5. The van der Waals surface area contributed by atoms with Crippen molar-refractivity contribution in [1.82, 2.24) is 9.88 Å². The lowest BCUT2D eigenvalue weighted by atomic mass is 10.0. The van der Waals surface area contributed by atoms with Gasteiger partial charge in [0, 0.05) is 12.2 Å². The van der Waals surface area contributed by atoms with Crippen LogP contribution in [0.1, 0.15) is 44.6 Å². The van der Waals surface area contributed by atoms with Crippen molar-refractivity contribution in [3.05, 3.63) is 46.3 Å². The number of methoxy groups -OCH3 is 3. The van der Waals surface area contributed by atoms with Crippen molar-refractivity contribution in [1.29, 1.82) is 0 Å². The number of Topliss-reactive ketones (excluding diaryl/α,β-unsaturated/α-hetero) is 1. The fourth-order valence-electron chi connectivity index (χ4n) is 3.22. The lowest BCUT2D eigenvalue weighted by Crippen LogP contribution is -2.36. The molecule has 0 aliphatic carbocycles. The van der Waals surface area contributed by atoms with Crippen molar-refractivity contribution in [2.45, 2.75) is 33.4 Å². The SMILES string of the molecule is COC(=O)c1c(C)[nH]c(C(=O)[C@@H](C)N(C)Cc2ccc(OC)c(OC)c2)c1C. The Bertz CT molecular complexity index is 872. The molecule has 0 saturated carbocycles. The Morgan fingerprint density at radius 2 is 1.75 bits per heavy atom. The van der Waals surface area contributed by atoms with Crippen LogP contribution >= 0.6 is 0 Å². The van der Waals surface area contributed by atoms with E-state index in [0.29, 0.717) is 40.6 Å². The number of ether oxygens (including phenoxy) is 3. The van der Waals surface area contributed by atoms with E-state index < -0.39 is 12.0 Å². The predicted molar refractivity (Wildman–Crippen MR) is 106 cm³/mol. The molecule has 0 unspecified atom stereocenters. The molecule has 0 spiro atoms. The summed E-state index contributed by atoms with van der Waals surface area (Å²) in [5, 5.41) is 0. The number of esters is 1. The zero-order valence-electron chi connectivity index (χ0n) is 17.5. The van der Waals surface area contributed by atoms with Crippen LogP contribution in [0.5, 0.6) is 11.5 Å². The smallest absolute Gasteiger partial charge is 0.339 e. The number of nitrogens with zero attached hydrogens (tertiary/aromatic N) is 1. The predicted octanol–water partition coefficient (Wildman–Crippen LogP) is 3.14. The number of benzene rings is 1. The van der Waals surface area contributed by atoms with E-state index in [2.05, 4.69) is 4.98 Å². The second-order valence-electron chi connectivity index (χ2n) is 6.76. The van der Waals surface area contributed by atoms with E-state index in [0.717, 1.165) is 5.56 Å². The van der Waals surface area contributed by atoms with Crippen LogP contribution in [0.15, 0.2) is 18.2 Å². The van der Waals surface area contributed by atoms with E-state index in [1.807, 2.05) is 37.1 Å². The third-order valence-corrected chi connectivity index (χ3v) is 4.99. The summed E-state index contributed by atoms with van der Waals surface area (Å²) in [5.41, 5.74) is 3.09. The third kappa shape index (κ3) is 4.20. The number of ketones is 1. The van der Waals surface area contributed by atoms with Crippen LogP contribution in [0.25, 0.3) is 0 Å². The second kappa shape index (κ2) is 8.93. The van der Waals surface area contributed by atoms with Gasteiger partial charge in [-0.25, -0.2) is 4.79 Å². The molecule has 0 bridgehead atoms. The third-order valence-electron chi connectivity index (χ3n) is 4.99. The molecule has 0 aliphatic rings. The molecule has 0 aliphatic heterocycles. The van der Waals surface area contributed by atoms with Gasteiger partial charge in [0.25, 0.3) is 0 Å². The Hall–Kier alpha value is -2.80. The minimum Gasteiger partial charge on any atom is -0.493 e. The number of hydrogen-bond acceptors (Lipinski definition) is 6. The summed E-state index contributed by atoms with van der Waals surface area (Å²) < 4.78 is 15.4. The first-order valence-electron chi connectivity index (χ1n) is 8.97.